The maximum absolute atomic E-state index is 11.8. The summed E-state index contributed by atoms with van der Waals surface area (Å²) in [6.45, 7) is 3.91. The lowest BCUT2D eigenvalue weighted by molar-refractivity contribution is -0.125. The summed E-state index contributed by atoms with van der Waals surface area (Å²) in [5, 5.41) is 3.05. The van der Waals surface area contributed by atoms with Gasteiger partial charge in [-0.3, -0.25) is 4.79 Å². The van der Waals surface area contributed by atoms with Gasteiger partial charge in [0.15, 0.2) is 0 Å². The number of aromatic nitrogens is 2. The summed E-state index contributed by atoms with van der Waals surface area (Å²) in [5.74, 6) is 0.625. The smallest absolute Gasteiger partial charge is 0.225 e. The number of rotatable bonds is 4. The van der Waals surface area contributed by atoms with E-state index in [-0.39, 0.29) is 17.9 Å². The molecule has 1 aromatic heterocycles. The molecule has 0 bridgehead atoms. The highest BCUT2D eigenvalue weighted by Crippen LogP contribution is 2.15. The Kier molecular flexibility index (Phi) is 4.68. The molecule has 1 saturated heterocycles. The SMILES string of the molecule is CC(CN)C(=O)NC1CCCN(c2ncccn2)C1. The Bertz CT molecular complexity index is 411. The summed E-state index contributed by atoms with van der Waals surface area (Å²) in [7, 11) is 0. The fourth-order valence-corrected chi connectivity index (χ4v) is 2.18. The molecule has 1 fully saturated rings. The van der Waals surface area contributed by atoms with E-state index in [2.05, 4.69) is 20.2 Å². The van der Waals surface area contributed by atoms with Crippen molar-refractivity contribution in [2.75, 3.05) is 24.5 Å². The second-order valence-corrected chi connectivity index (χ2v) is 4.98. The van der Waals surface area contributed by atoms with Gasteiger partial charge in [0.1, 0.15) is 0 Å². The molecular formula is C13H21N5O. The van der Waals surface area contributed by atoms with Crippen molar-refractivity contribution in [2.24, 2.45) is 11.7 Å². The third-order valence-electron chi connectivity index (χ3n) is 3.40. The molecule has 1 aliphatic rings. The lowest BCUT2D eigenvalue weighted by Gasteiger charge is -2.33. The molecule has 0 aliphatic carbocycles. The summed E-state index contributed by atoms with van der Waals surface area (Å²) in [6, 6.07) is 1.95. The minimum atomic E-state index is -0.136. The van der Waals surface area contributed by atoms with Crippen molar-refractivity contribution >= 4 is 11.9 Å². The van der Waals surface area contributed by atoms with E-state index in [4.69, 9.17) is 5.73 Å². The predicted molar refractivity (Wildman–Crippen MR) is 73.6 cm³/mol. The quantitative estimate of drug-likeness (QED) is 0.808. The topological polar surface area (TPSA) is 84.1 Å². The first kappa shape index (κ1) is 13.7. The standard InChI is InChI=1S/C13H21N5O/c1-10(8-14)12(19)17-11-4-2-7-18(9-11)13-15-5-3-6-16-13/h3,5-6,10-11H,2,4,7-9,14H2,1H3,(H,17,19). The number of hydrogen-bond donors (Lipinski definition) is 2. The predicted octanol–water partition coefficient (Wildman–Crippen LogP) is 0.156. The van der Waals surface area contributed by atoms with Crippen molar-refractivity contribution in [3.8, 4) is 0 Å². The number of amides is 1. The van der Waals surface area contributed by atoms with E-state index >= 15 is 0 Å². The van der Waals surface area contributed by atoms with E-state index in [1.807, 2.05) is 6.92 Å². The molecule has 1 aromatic rings. The fourth-order valence-electron chi connectivity index (χ4n) is 2.18. The van der Waals surface area contributed by atoms with Gasteiger partial charge in [-0.25, -0.2) is 9.97 Å². The van der Waals surface area contributed by atoms with Crippen LogP contribution in [0.15, 0.2) is 18.5 Å². The molecule has 1 aliphatic heterocycles. The highest BCUT2D eigenvalue weighted by molar-refractivity contribution is 5.78. The van der Waals surface area contributed by atoms with Crippen molar-refractivity contribution in [2.45, 2.75) is 25.8 Å². The Morgan fingerprint density at radius 2 is 2.32 bits per heavy atom. The molecule has 3 N–H and O–H groups in total. The van der Waals surface area contributed by atoms with Gasteiger partial charge < -0.3 is 16.0 Å². The zero-order chi connectivity index (χ0) is 13.7. The van der Waals surface area contributed by atoms with Crippen molar-refractivity contribution < 1.29 is 4.79 Å². The third kappa shape index (κ3) is 3.64. The van der Waals surface area contributed by atoms with Crippen LogP contribution in [0.3, 0.4) is 0 Å². The van der Waals surface area contributed by atoms with Gasteiger partial charge in [-0.05, 0) is 18.9 Å². The summed E-state index contributed by atoms with van der Waals surface area (Å²) in [5.41, 5.74) is 5.51. The van der Waals surface area contributed by atoms with Gasteiger partial charge in [-0.15, -0.1) is 0 Å². The van der Waals surface area contributed by atoms with Gasteiger partial charge in [-0.1, -0.05) is 6.92 Å². The molecule has 0 radical (unpaired) electrons. The van der Waals surface area contributed by atoms with Crippen LogP contribution in [-0.4, -0.2) is 41.6 Å². The lowest BCUT2D eigenvalue weighted by Crippen LogP contribution is -2.50. The van der Waals surface area contributed by atoms with Crippen LogP contribution < -0.4 is 16.0 Å². The minimum absolute atomic E-state index is 0.0309. The van der Waals surface area contributed by atoms with Crippen LogP contribution >= 0.6 is 0 Å². The zero-order valence-corrected chi connectivity index (χ0v) is 11.2. The maximum atomic E-state index is 11.8. The van der Waals surface area contributed by atoms with Gasteiger partial charge in [-0.2, -0.15) is 0 Å². The molecule has 0 spiro atoms. The van der Waals surface area contributed by atoms with E-state index in [0.29, 0.717) is 6.54 Å². The molecule has 19 heavy (non-hydrogen) atoms. The van der Waals surface area contributed by atoms with E-state index in [9.17, 15) is 4.79 Å². The molecule has 6 heteroatoms. The summed E-state index contributed by atoms with van der Waals surface area (Å²) >= 11 is 0. The summed E-state index contributed by atoms with van der Waals surface area (Å²) in [6.07, 6.45) is 5.49. The summed E-state index contributed by atoms with van der Waals surface area (Å²) in [4.78, 5) is 22.5. The number of nitrogens with one attached hydrogen (secondary N) is 1. The van der Waals surface area contributed by atoms with Crippen molar-refractivity contribution in [1.29, 1.82) is 0 Å². The number of hydrogen-bond acceptors (Lipinski definition) is 5. The number of piperidine rings is 1. The highest BCUT2D eigenvalue weighted by Gasteiger charge is 2.24. The average Bonchev–Trinajstić information content (AvgIpc) is 2.47. The van der Waals surface area contributed by atoms with Crippen LogP contribution in [-0.2, 0) is 4.79 Å². The highest BCUT2D eigenvalue weighted by atomic mass is 16.1. The molecule has 0 aromatic carbocycles. The first-order valence-corrected chi connectivity index (χ1v) is 6.73. The molecule has 1 amide bonds. The molecule has 2 unspecified atom stereocenters. The van der Waals surface area contributed by atoms with Crippen LogP contribution in [0.1, 0.15) is 19.8 Å². The van der Waals surface area contributed by atoms with E-state index in [1.165, 1.54) is 0 Å². The largest absolute Gasteiger partial charge is 0.351 e. The number of anilines is 1. The first-order valence-electron chi connectivity index (χ1n) is 6.73. The van der Waals surface area contributed by atoms with Crippen LogP contribution in [0.2, 0.25) is 0 Å². The molecular weight excluding hydrogens is 242 g/mol. The van der Waals surface area contributed by atoms with Crippen LogP contribution in [0.5, 0.6) is 0 Å². The molecule has 6 nitrogen and oxygen atoms in total. The van der Waals surface area contributed by atoms with Gasteiger partial charge in [0, 0.05) is 44.0 Å². The van der Waals surface area contributed by atoms with Crippen LogP contribution in [0, 0.1) is 5.92 Å². The zero-order valence-electron chi connectivity index (χ0n) is 11.2. The van der Waals surface area contributed by atoms with Crippen molar-refractivity contribution in [3.63, 3.8) is 0 Å². The first-order chi connectivity index (χ1) is 9.20. The molecule has 2 rings (SSSR count). The third-order valence-corrected chi connectivity index (χ3v) is 3.40. The Morgan fingerprint density at radius 1 is 1.58 bits per heavy atom. The molecule has 2 atom stereocenters. The van der Waals surface area contributed by atoms with Gasteiger partial charge >= 0.3 is 0 Å². The normalized spacial score (nSPS) is 20.9. The van der Waals surface area contributed by atoms with Crippen molar-refractivity contribution in [3.05, 3.63) is 18.5 Å². The van der Waals surface area contributed by atoms with E-state index < -0.39 is 0 Å². The number of carbonyl (C=O) groups is 1. The monoisotopic (exact) mass is 263 g/mol. The Morgan fingerprint density at radius 3 is 3.00 bits per heavy atom. The van der Waals surface area contributed by atoms with Crippen molar-refractivity contribution in [1.82, 2.24) is 15.3 Å². The van der Waals surface area contributed by atoms with E-state index in [0.717, 1.165) is 31.9 Å². The lowest BCUT2D eigenvalue weighted by atomic mass is 10.0. The Balaban J connectivity index is 1.92. The second kappa shape index (κ2) is 6.47. The average molecular weight is 263 g/mol. The molecule has 0 saturated carbocycles. The van der Waals surface area contributed by atoms with Gasteiger partial charge in [0.05, 0.1) is 0 Å². The molecule has 104 valence electrons. The maximum Gasteiger partial charge on any atom is 0.225 e. The van der Waals surface area contributed by atoms with Gasteiger partial charge in [0.25, 0.3) is 0 Å². The number of nitrogens with two attached hydrogens (primary N) is 1. The fraction of sp³-hybridized carbons (Fsp3) is 0.615. The summed E-state index contributed by atoms with van der Waals surface area (Å²) < 4.78 is 0. The second-order valence-electron chi connectivity index (χ2n) is 4.98. The molecule has 2 heterocycles. The van der Waals surface area contributed by atoms with Crippen LogP contribution in [0.4, 0.5) is 5.95 Å². The van der Waals surface area contributed by atoms with E-state index in [1.54, 1.807) is 18.5 Å². The number of carbonyl (C=O) groups excluding carboxylic acids is 1. The van der Waals surface area contributed by atoms with Crippen LogP contribution in [0.25, 0.3) is 0 Å². The Hall–Kier alpha value is -1.69. The number of nitrogens with zero attached hydrogens (tertiary/aromatic N) is 3. The minimum Gasteiger partial charge on any atom is -0.351 e. The Labute approximate surface area is 113 Å². The van der Waals surface area contributed by atoms with Gasteiger partial charge in [0.2, 0.25) is 11.9 Å².